The van der Waals surface area contributed by atoms with Crippen molar-refractivity contribution in [3.8, 4) is 0 Å². The van der Waals surface area contributed by atoms with Crippen molar-refractivity contribution in [2.24, 2.45) is 11.3 Å². The lowest BCUT2D eigenvalue weighted by Crippen LogP contribution is -2.43. The number of rotatable bonds is 5. The fraction of sp³-hybridized carbons (Fsp3) is 0.636. The zero-order valence-electron chi connectivity index (χ0n) is 9.18. The summed E-state index contributed by atoms with van der Waals surface area (Å²) in [5.74, 6) is -3.01. The molecule has 16 heavy (non-hydrogen) atoms. The molecule has 5 nitrogen and oxygen atoms in total. The predicted octanol–water partition coefficient (Wildman–Crippen LogP) is 1.14. The standard InChI is InChI=1S/C11H16O5/c1-16-7-6-11(10(14)15)5-3-2-4-8(11)9(12)13/h3,5,8H,2,4,6-7H2,1H3,(H,12,13)(H,14,15). The normalized spacial score (nSPS) is 28.9. The van der Waals surface area contributed by atoms with Crippen LogP contribution in [-0.4, -0.2) is 35.9 Å². The summed E-state index contributed by atoms with van der Waals surface area (Å²) in [6.07, 6.45) is 4.41. The molecule has 0 aromatic carbocycles. The predicted molar refractivity (Wildman–Crippen MR) is 56.1 cm³/mol. The Morgan fingerprint density at radius 1 is 1.50 bits per heavy atom. The quantitative estimate of drug-likeness (QED) is 0.689. The third kappa shape index (κ3) is 2.24. The monoisotopic (exact) mass is 228 g/mol. The van der Waals surface area contributed by atoms with Crippen molar-refractivity contribution in [1.29, 1.82) is 0 Å². The Bertz CT molecular complexity index is 309. The molecule has 0 spiro atoms. The molecule has 0 radical (unpaired) electrons. The molecule has 1 rings (SSSR count). The van der Waals surface area contributed by atoms with Crippen LogP contribution < -0.4 is 0 Å². The van der Waals surface area contributed by atoms with Gasteiger partial charge in [0.2, 0.25) is 0 Å². The molecule has 2 unspecified atom stereocenters. The minimum atomic E-state index is -1.32. The van der Waals surface area contributed by atoms with Crippen molar-refractivity contribution in [1.82, 2.24) is 0 Å². The van der Waals surface area contributed by atoms with E-state index in [1.165, 1.54) is 13.2 Å². The van der Waals surface area contributed by atoms with Crippen LogP contribution in [0.3, 0.4) is 0 Å². The van der Waals surface area contributed by atoms with Crippen molar-refractivity contribution in [2.45, 2.75) is 19.3 Å². The van der Waals surface area contributed by atoms with Gasteiger partial charge in [-0.25, -0.2) is 0 Å². The highest BCUT2D eigenvalue weighted by Crippen LogP contribution is 2.40. The van der Waals surface area contributed by atoms with Crippen LogP contribution in [0.5, 0.6) is 0 Å². The summed E-state index contributed by atoms with van der Waals surface area (Å²) >= 11 is 0. The molecule has 0 saturated heterocycles. The molecule has 0 aromatic heterocycles. The summed E-state index contributed by atoms with van der Waals surface area (Å²) in [6.45, 7) is 0.237. The van der Waals surface area contributed by atoms with Crippen LogP contribution in [0.2, 0.25) is 0 Å². The van der Waals surface area contributed by atoms with E-state index in [1.54, 1.807) is 6.08 Å². The first-order valence-electron chi connectivity index (χ1n) is 5.17. The molecule has 0 heterocycles. The lowest BCUT2D eigenvalue weighted by molar-refractivity contribution is -0.161. The van der Waals surface area contributed by atoms with Crippen molar-refractivity contribution in [3.63, 3.8) is 0 Å². The van der Waals surface area contributed by atoms with Crippen LogP contribution in [0.15, 0.2) is 12.2 Å². The van der Waals surface area contributed by atoms with Crippen LogP contribution in [0, 0.1) is 11.3 Å². The molecular weight excluding hydrogens is 212 g/mol. The van der Waals surface area contributed by atoms with Gasteiger partial charge in [0.25, 0.3) is 0 Å². The van der Waals surface area contributed by atoms with E-state index in [2.05, 4.69) is 0 Å². The maximum absolute atomic E-state index is 11.3. The maximum Gasteiger partial charge on any atom is 0.314 e. The Labute approximate surface area is 93.7 Å². The first-order chi connectivity index (χ1) is 7.54. The summed E-state index contributed by atoms with van der Waals surface area (Å²) in [4.78, 5) is 22.4. The van der Waals surface area contributed by atoms with Gasteiger partial charge >= 0.3 is 11.9 Å². The van der Waals surface area contributed by atoms with E-state index < -0.39 is 23.3 Å². The average Bonchev–Trinajstić information content (AvgIpc) is 2.26. The summed E-state index contributed by atoms with van der Waals surface area (Å²) in [5, 5.41) is 18.3. The van der Waals surface area contributed by atoms with Gasteiger partial charge < -0.3 is 14.9 Å². The number of hydrogen-bond donors (Lipinski definition) is 2. The SMILES string of the molecule is COCCC1(C(=O)O)C=CCCC1C(=O)O. The van der Waals surface area contributed by atoms with E-state index in [1.807, 2.05) is 0 Å². The van der Waals surface area contributed by atoms with Crippen LogP contribution in [-0.2, 0) is 14.3 Å². The van der Waals surface area contributed by atoms with Crippen LogP contribution in [0.4, 0.5) is 0 Å². The van der Waals surface area contributed by atoms with Gasteiger partial charge in [0.05, 0.1) is 5.92 Å². The molecule has 1 aliphatic carbocycles. The Balaban J connectivity index is 3.02. The van der Waals surface area contributed by atoms with E-state index in [0.717, 1.165) is 0 Å². The van der Waals surface area contributed by atoms with Crippen LogP contribution >= 0.6 is 0 Å². The molecule has 0 aliphatic heterocycles. The first kappa shape index (κ1) is 12.7. The maximum atomic E-state index is 11.3. The summed E-state index contributed by atoms with van der Waals surface area (Å²) < 4.78 is 4.86. The summed E-state index contributed by atoms with van der Waals surface area (Å²) in [5.41, 5.74) is -1.32. The van der Waals surface area contributed by atoms with Crippen molar-refractivity contribution in [2.75, 3.05) is 13.7 Å². The number of carboxylic acid groups (broad SMARTS) is 2. The Morgan fingerprint density at radius 3 is 2.69 bits per heavy atom. The molecule has 2 N–H and O–H groups in total. The van der Waals surface area contributed by atoms with Gasteiger partial charge in [0, 0.05) is 13.7 Å². The largest absolute Gasteiger partial charge is 0.481 e. The highest BCUT2D eigenvalue weighted by Gasteiger charge is 2.48. The smallest absolute Gasteiger partial charge is 0.314 e. The van der Waals surface area contributed by atoms with Crippen LogP contribution in [0.25, 0.3) is 0 Å². The lowest BCUT2D eigenvalue weighted by Gasteiger charge is -2.34. The second-order valence-electron chi connectivity index (χ2n) is 3.96. The van der Waals surface area contributed by atoms with Gasteiger partial charge in [-0.2, -0.15) is 0 Å². The third-order valence-electron chi connectivity index (χ3n) is 3.08. The minimum absolute atomic E-state index is 0.187. The summed E-state index contributed by atoms with van der Waals surface area (Å²) in [6, 6.07) is 0. The number of hydrogen-bond acceptors (Lipinski definition) is 3. The molecule has 90 valence electrons. The molecule has 0 fully saturated rings. The zero-order chi connectivity index (χ0) is 12.2. The van der Waals surface area contributed by atoms with Crippen LogP contribution in [0.1, 0.15) is 19.3 Å². The summed E-state index contributed by atoms with van der Waals surface area (Å²) in [7, 11) is 1.47. The third-order valence-corrected chi connectivity index (χ3v) is 3.08. The number of methoxy groups -OCH3 is 1. The second-order valence-corrected chi connectivity index (χ2v) is 3.96. The molecule has 0 aromatic rings. The number of carbonyl (C=O) groups is 2. The minimum Gasteiger partial charge on any atom is -0.481 e. The molecule has 2 atom stereocenters. The van der Waals surface area contributed by atoms with Gasteiger partial charge in [-0.3, -0.25) is 9.59 Å². The highest BCUT2D eigenvalue weighted by atomic mass is 16.5. The van der Waals surface area contributed by atoms with Gasteiger partial charge in [0.15, 0.2) is 0 Å². The molecule has 5 heteroatoms. The lowest BCUT2D eigenvalue weighted by atomic mass is 9.68. The molecule has 0 amide bonds. The van der Waals surface area contributed by atoms with E-state index >= 15 is 0 Å². The average molecular weight is 228 g/mol. The van der Waals surface area contributed by atoms with Gasteiger partial charge in [0.1, 0.15) is 5.41 Å². The van der Waals surface area contributed by atoms with Crippen molar-refractivity contribution < 1.29 is 24.5 Å². The topological polar surface area (TPSA) is 83.8 Å². The number of aliphatic carboxylic acids is 2. The highest BCUT2D eigenvalue weighted by molar-refractivity contribution is 5.85. The number of allylic oxidation sites excluding steroid dienone is 1. The molecule has 0 bridgehead atoms. The van der Waals surface area contributed by atoms with Gasteiger partial charge in [-0.05, 0) is 19.3 Å². The second kappa shape index (κ2) is 5.12. The van der Waals surface area contributed by atoms with Crippen molar-refractivity contribution in [3.05, 3.63) is 12.2 Å². The first-order valence-corrected chi connectivity index (χ1v) is 5.17. The van der Waals surface area contributed by atoms with E-state index in [9.17, 15) is 14.7 Å². The van der Waals surface area contributed by atoms with Crippen molar-refractivity contribution >= 4 is 11.9 Å². The zero-order valence-corrected chi connectivity index (χ0v) is 9.18. The fourth-order valence-electron chi connectivity index (χ4n) is 2.13. The molecular formula is C11H16O5. The van der Waals surface area contributed by atoms with E-state index in [-0.39, 0.29) is 13.0 Å². The Morgan fingerprint density at radius 2 is 2.19 bits per heavy atom. The molecule has 1 aliphatic rings. The number of carboxylic acids is 2. The van der Waals surface area contributed by atoms with E-state index in [4.69, 9.17) is 9.84 Å². The Hall–Kier alpha value is -1.36. The van der Waals surface area contributed by atoms with Gasteiger partial charge in [-0.1, -0.05) is 12.2 Å². The number of ether oxygens (including phenoxy) is 1. The fourth-order valence-corrected chi connectivity index (χ4v) is 2.13. The Kier molecular flexibility index (Phi) is 4.06. The van der Waals surface area contributed by atoms with E-state index in [0.29, 0.717) is 12.8 Å². The van der Waals surface area contributed by atoms with Gasteiger partial charge in [-0.15, -0.1) is 0 Å². The molecule has 0 saturated carbocycles.